The zero-order chi connectivity index (χ0) is 14.2. The average Bonchev–Trinajstić information content (AvgIpc) is 2.52. The Morgan fingerprint density at radius 2 is 2.05 bits per heavy atom. The number of rotatable bonds is 6. The van der Waals surface area contributed by atoms with Gasteiger partial charge in [-0.15, -0.1) is 0 Å². The molecule has 0 aliphatic heterocycles. The lowest BCUT2D eigenvalue weighted by Crippen LogP contribution is -2.12. The largest absolute Gasteiger partial charge is 0.482 e. The highest BCUT2D eigenvalue weighted by molar-refractivity contribution is 5.70. The van der Waals surface area contributed by atoms with Gasteiger partial charge in [-0.05, 0) is 30.3 Å². The molecule has 20 heavy (non-hydrogen) atoms. The van der Waals surface area contributed by atoms with E-state index in [-0.39, 0.29) is 6.61 Å². The van der Waals surface area contributed by atoms with Crippen molar-refractivity contribution < 1.29 is 14.3 Å². The first kappa shape index (κ1) is 13.8. The van der Waals surface area contributed by atoms with Crippen LogP contribution in [0.25, 0.3) is 0 Å². The molecular formula is C14H15N3O3. The van der Waals surface area contributed by atoms with Gasteiger partial charge in [-0.1, -0.05) is 0 Å². The van der Waals surface area contributed by atoms with E-state index in [4.69, 9.17) is 4.74 Å². The highest BCUT2D eigenvalue weighted by atomic mass is 16.6. The molecule has 0 fully saturated rings. The number of anilines is 1. The van der Waals surface area contributed by atoms with E-state index < -0.39 is 5.97 Å². The lowest BCUT2D eigenvalue weighted by atomic mass is 10.3. The van der Waals surface area contributed by atoms with Crippen LogP contribution < -0.4 is 10.1 Å². The summed E-state index contributed by atoms with van der Waals surface area (Å²) in [6.07, 6.45) is 3.22. The number of carbonyl (C=O) groups is 1. The van der Waals surface area contributed by atoms with Crippen molar-refractivity contribution >= 4 is 11.7 Å². The number of nitrogens with one attached hydrogen (secondary N) is 1. The molecule has 0 atom stereocenters. The van der Waals surface area contributed by atoms with E-state index in [2.05, 4.69) is 20.0 Å². The standard InChI is InChI=1S/C14H15N3O3/c1-19-14(18)9-20-13-4-2-11(3-5-13)16-8-12-6-7-15-10-17-12/h2-7,10,16H,8-9H2,1H3. The summed E-state index contributed by atoms with van der Waals surface area (Å²) in [7, 11) is 1.33. The summed E-state index contributed by atoms with van der Waals surface area (Å²) in [4.78, 5) is 18.9. The Hall–Kier alpha value is -2.63. The summed E-state index contributed by atoms with van der Waals surface area (Å²) < 4.78 is 9.75. The predicted molar refractivity (Wildman–Crippen MR) is 73.3 cm³/mol. The fourth-order valence-electron chi connectivity index (χ4n) is 1.49. The molecule has 0 saturated carbocycles. The van der Waals surface area contributed by atoms with E-state index in [0.717, 1.165) is 11.4 Å². The van der Waals surface area contributed by atoms with Crippen molar-refractivity contribution in [2.24, 2.45) is 0 Å². The van der Waals surface area contributed by atoms with Crippen molar-refractivity contribution in [2.45, 2.75) is 6.54 Å². The first-order valence-electron chi connectivity index (χ1n) is 6.06. The Bertz CT molecular complexity index is 543. The van der Waals surface area contributed by atoms with Crippen LogP contribution in [-0.2, 0) is 16.1 Å². The summed E-state index contributed by atoms with van der Waals surface area (Å²) in [6, 6.07) is 9.15. The maximum atomic E-state index is 10.9. The molecule has 0 spiro atoms. The first-order chi connectivity index (χ1) is 9.78. The van der Waals surface area contributed by atoms with Gasteiger partial charge in [-0.2, -0.15) is 0 Å². The molecule has 0 aliphatic rings. The second-order valence-electron chi connectivity index (χ2n) is 3.94. The SMILES string of the molecule is COC(=O)COc1ccc(NCc2ccncn2)cc1. The van der Waals surface area contributed by atoms with Gasteiger partial charge in [-0.25, -0.2) is 14.8 Å². The molecule has 2 rings (SSSR count). The molecule has 6 nitrogen and oxygen atoms in total. The van der Waals surface area contributed by atoms with Crippen LogP contribution in [0.2, 0.25) is 0 Å². The minimum absolute atomic E-state index is 0.0930. The molecule has 1 aromatic heterocycles. The quantitative estimate of drug-likeness (QED) is 0.807. The number of nitrogens with zero attached hydrogens (tertiary/aromatic N) is 2. The molecule has 0 bridgehead atoms. The van der Waals surface area contributed by atoms with Crippen molar-refractivity contribution in [3.8, 4) is 5.75 Å². The summed E-state index contributed by atoms with van der Waals surface area (Å²) in [6.45, 7) is 0.523. The average molecular weight is 273 g/mol. The van der Waals surface area contributed by atoms with Crippen LogP contribution in [0.5, 0.6) is 5.75 Å². The third-order valence-corrected chi connectivity index (χ3v) is 2.56. The van der Waals surface area contributed by atoms with Gasteiger partial charge in [0.1, 0.15) is 12.1 Å². The van der Waals surface area contributed by atoms with Gasteiger partial charge >= 0.3 is 5.97 Å². The number of methoxy groups -OCH3 is 1. The van der Waals surface area contributed by atoms with E-state index in [1.807, 2.05) is 18.2 Å². The van der Waals surface area contributed by atoms with Crippen molar-refractivity contribution in [1.29, 1.82) is 0 Å². The summed E-state index contributed by atoms with van der Waals surface area (Å²) >= 11 is 0. The highest BCUT2D eigenvalue weighted by Gasteiger charge is 2.01. The second-order valence-corrected chi connectivity index (χ2v) is 3.94. The van der Waals surface area contributed by atoms with Crippen molar-refractivity contribution in [3.63, 3.8) is 0 Å². The Morgan fingerprint density at radius 1 is 1.25 bits per heavy atom. The van der Waals surface area contributed by atoms with Gasteiger partial charge in [0.05, 0.1) is 19.3 Å². The number of aromatic nitrogens is 2. The van der Waals surface area contributed by atoms with Crippen LogP contribution in [0.3, 0.4) is 0 Å². The van der Waals surface area contributed by atoms with Crippen LogP contribution in [0.15, 0.2) is 42.9 Å². The molecule has 2 aromatic rings. The number of ether oxygens (including phenoxy) is 2. The third kappa shape index (κ3) is 4.24. The van der Waals surface area contributed by atoms with Gasteiger partial charge in [0.15, 0.2) is 6.61 Å². The Balaban J connectivity index is 1.84. The monoisotopic (exact) mass is 273 g/mol. The van der Waals surface area contributed by atoms with Crippen molar-refractivity contribution in [3.05, 3.63) is 48.5 Å². The molecule has 104 valence electrons. The molecule has 1 N–H and O–H groups in total. The summed E-state index contributed by atoms with van der Waals surface area (Å²) in [5, 5.41) is 3.23. The van der Waals surface area contributed by atoms with E-state index in [0.29, 0.717) is 12.3 Å². The zero-order valence-electron chi connectivity index (χ0n) is 11.1. The molecule has 0 aliphatic carbocycles. The fourth-order valence-corrected chi connectivity index (χ4v) is 1.49. The maximum absolute atomic E-state index is 10.9. The Labute approximate surface area is 116 Å². The second kappa shape index (κ2) is 7.08. The highest BCUT2D eigenvalue weighted by Crippen LogP contribution is 2.16. The molecular weight excluding hydrogens is 258 g/mol. The zero-order valence-corrected chi connectivity index (χ0v) is 11.1. The van der Waals surface area contributed by atoms with Gasteiger partial charge in [0.2, 0.25) is 0 Å². The van der Waals surface area contributed by atoms with Crippen molar-refractivity contribution in [2.75, 3.05) is 19.0 Å². The lowest BCUT2D eigenvalue weighted by molar-refractivity contribution is -0.142. The molecule has 0 radical (unpaired) electrons. The normalized spacial score (nSPS) is 9.85. The molecule has 1 heterocycles. The van der Waals surface area contributed by atoms with E-state index >= 15 is 0 Å². The van der Waals surface area contributed by atoms with Gasteiger partial charge < -0.3 is 14.8 Å². The number of esters is 1. The smallest absolute Gasteiger partial charge is 0.343 e. The van der Waals surface area contributed by atoms with E-state index in [1.165, 1.54) is 13.4 Å². The number of hydrogen-bond acceptors (Lipinski definition) is 6. The Kier molecular flexibility index (Phi) is 4.88. The predicted octanol–water partition coefficient (Wildman–Crippen LogP) is 1.64. The third-order valence-electron chi connectivity index (χ3n) is 2.56. The maximum Gasteiger partial charge on any atom is 0.343 e. The van der Waals surface area contributed by atoms with Gasteiger partial charge in [0, 0.05) is 11.9 Å². The minimum atomic E-state index is -0.407. The van der Waals surface area contributed by atoms with Gasteiger partial charge in [0.25, 0.3) is 0 Å². The lowest BCUT2D eigenvalue weighted by Gasteiger charge is -2.08. The topological polar surface area (TPSA) is 73.3 Å². The van der Waals surface area contributed by atoms with Gasteiger partial charge in [-0.3, -0.25) is 0 Å². The number of benzene rings is 1. The molecule has 6 heteroatoms. The molecule has 1 aromatic carbocycles. The van der Waals surface area contributed by atoms with E-state index in [9.17, 15) is 4.79 Å². The van der Waals surface area contributed by atoms with Crippen molar-refractivity contribution in [1.82, 2.24) is 9.97 Å². The molecule has 0 amide bonds. The van der Waals surface area contributed by atoms with Crippen LogP contribution >= 0.6 is 0 Å². The Morgan fingerprint density at radius 3 is 2.70 bits per heavy atom. The molecule has 0 unspecified atom stereocenters. The summed E-state index contributed by atoms with van der Waals surface area (Å²) in [5.41, 5.74) is 1.85. The fraction of sp³-hybridized carbons (Fsp3) is 0.214. The molecule has 0 saturated heterocycles. The van der Waals surface area contributed by atoms with E-state index in [1.54, 1.807) is 18.3 Å². The van der Waals surface area contributed by atoms with Crippen LogP contribution in [0.1, 0.15) is 5.69 Å². The van der Waals surface area contributed by atoms with Crippen LogP contribution in [-0.4, -0.2) is 29.7 Å². The number of hydrogen-bond donors (Lipinski definition) is 1. The first-order valence-corrected chi connectivity index (χ1v) is 6.06. The minimum Gasteiger partial charge on any atom is -0.482 e. The number of carbonyl (C=O) groups excluding carboxylic acids is 1. The van der Waals surface area contributed by atoms with Crippen LogP contribution in [0.4, 0.5) is 5.69 Å². The van der Waals surface area contributed by atoms with Crippen LogP contribution in [0, 0.1) is 0 Å². The summed E-state index contributed by atoms with van der Waals surface area (Å²) in [5.74, 6) is 0.207.